The van der Waals surface area contributed by atoms with Crippen LogP contribution in [0.15, 0.2) is 54.7 Å². The van der Waals surface area contributed by atoms with Crippen molar-refractivity contribution in [1.29, 1.82) is 0 Å². The fourth-order valence-corrected chi connectivity index (χ4v) is 4.47. The zero-order chi connectivity index (χ0) is 26.2. The molecule has 2 aliphatic rings. The number of carbonyl (C=O) groups is 1. The number of urea groups is 1. The third kappa shape index (κ3) is 5.16. The smallest absolute Gasteiger partial charge is 0.416 e. The van der Waals surface area contributed by atoms with Crippen LogP contribution in [-0.2, 0) is 6.18 Å². The Bertz CT molecular complexity index is 1310. The van der Waals surface area contributed by atoms with Crippen molar-refractivity contribution in [3.8, 4) is 17.1 Å². The molecule has 1 saturated heterocycles. The molecule has 2 aromatic heterocycles. The number of aliphatic hydroxyl groups excluding tert-OH is 2. The van der Waals surface area contributed by atoms with E-state index in [4.69, 9.17) is 9.84 Å². The SMILES string of the molecule is O=C(Nc1ccnc(OC[C@H](O)CO)c1)N1c2nc(-c3cccc(C(F)(F)F)c3)ccc2N2CCC1C2. The molecule has 2 aliphatic heterocycles. The maximum absolute atomic E-state index is 13.4. The Morgan fingerprint density at radius 1 is 1.22 bits per heavy atom. The minimum atomic E-state index is -4.48. The first kappa shape index (κ1) is 24.8. The van der Waals surface area contributed by atoms with Gasteiger partial charge in [-0.1, -0.05) is 12.1 Å². The molecule has 194 valence electrons. The predicted octanol–water partition coefficient (Wildman–Crippen LogP) is 3.53. The summed E-state index contributed by atoms with van der Waals surface area (Å²) in [7, 11) is 0. The van der Waals surface area contributed by atoms with E-state index in [0.717, 1.165) is 24.4 Å². The zero-order valence-corrected chi connectivity index (χ0v) is 19.5. The van der Waals surface area contributed by atoms with Crippen LogP contribution in [0.2, 0.25) is 0 Å². The quantitative estimate of drug-likeness (QED) is 0.461. The number of pyridine rings is 2. The van der Waals surface area contributed by atoms with Crippen LogP contribution in [0.1, 0.15) is 12.0 Å². The molecule has 0 radical (unpaired) electrons. The lowest BCUT2D eigenvalue weighted by Crippen LogP contribution is -2.48. The second-order valence-corrected chi connectivity index (χ2v) is 8.84. The predicted molar refractivity (Wildman–Crippen MR) is 130 cm³/mol. The Morgan fingerprint density at radius 2 is 2.05 bits per heavy atom. The highest BCUT2D eigenvalue weighted by molar-refractivity contribution is 6.04. The summed E-state index contributed by atoms with van der Waals surface area (Å²) in [6.45, 7) is 0.723. The van der Waals surface area contributed by atoms with Gasteiger partial charge >= 0.3 is 12.2 Å². The van der Waals surface area contributed by atoms with E-state index in [-0.39, 0.29) is 18.5 Å². The van der Waals surface area contributed by atoms with Gasteiger partial charge in [-0.15, -0.1) is 0 Å². The molecular weight excluding hydrogens is 491 g/mol. The number of fused-ring (bicyclic) bond motifs is 4. The molecule has 12 heteroatoms. The molecule has 1 fully saturated rings. The minimum absolute atomic E-state index is 0.154. The summed E-state index contributed by atoms with van der Waals surface area (Å²) in [4.78, 5) is 25.8. The van der Waals surface area contributed by atoms with Crippen LogP contribution in [0.3, 0.4) is 0 Å². The van der Waals surface area contributed by atoms with E-state index in [1.807, 2.05) is 0 Å². The number of aromatic nitrogens is 2. The van der Waals surface area contributed by atoms with E-state index >= 15 is 0 Å². The van der Waals surface area contributed by atoms with Gasteiger partial charge in [0.05, 0.1) is 29.6 Å². The molecule has 9 nitrogen and oxygen atoms in total. The standard InChI is InChI=1S/C25H24F3N5O4/c26-25(27,28)16-3-1-2-15(10-16)20-4-5-21-23(31-20)33(18-7-9-32(21)12-18)24(36)30-17-6-8-29-22(11-17)37-14-19(35)13-34/h1-6,8,10-11,18-19,34-35H,7,9,12-14H2,(H,29,30,36)/t18?,19-/m1/s1. The van der Waals surface area contributed by atoms with Gasteiger partial charge in [0.2, 0.25) is 5.88 Å². The van der Waals surface area contributed by atoms with Gasteiger partial charge in [-0.25, -0.2) is 14.8 Å². The van der Waals surface area contributed by atoms with Crippen molar-refractivity contribution in [3.63, 3.8) is 0 Å². The van der Waals surface area contributed by atoms with Crippen molar-refractivity contribution in [2.75, 3.05) is 41.4 Å². The lowest BCUT2D eigenvalue weighted by molar-refractivity contribution is -0.137. The summed E-state index contributed by atoms with van der Waals surface area (Å²) >= 11 is 0. The zero-order valence-electron chi connectivity index (χ0n) is 19.5. The Kier molecular flexibility index (Phi) is 6.61. The number of rotatable bonds is 6. The summed E-state index contributed by atoms with van der Waals surface area (Å²) < 4.78 is 45.1. The third-order valence-electron chi connectivity index (χ3n) is 6.28. The van der Waals surface area contributed by atoms with Gasteiger partial charge in [0.15, 0.2) is 5.82 Å². The van der Waals surface area contributed by atoms with Gasteiger partial charge in [0, 0.05) is 36.6 Å². The minimum Gasteiger partial charge on any atom is -0.475 e. The van der Waals surface area contributed by atoms with Crippen molar-refractivity contribution in [3.05, 3.63) is 60.3 Å². The number of hydrogen-bond donors (Lipinski definition) is 3. The molecule has 3 N–H and O–H groups in total. The van der Waals surface area contributed by atoms with Crippen LogP contribution < -0.4 is 19.9 Å². The van der Waals surface area contributed by atoms with Crippen LogP contribution >= 0.6 is 0 Å². The van der Waals surface area contributed by atoms with Gasteiger partial charge in [-0.3, -0.25) is 4.90 Å². The topological polar surface area (TPSA) is 111 Å². The fraction of sp³-hybridized carbons (Fsp3) is 0.320. The number of benzene rings is 1. The van der Waals surface area contributed by atoms with Crippen molar-refractivity contribution in [2.24, 2.45) is 0 Å². The lowest BCUT2D eigenvalue weighted by atomic mass is 10.1. The fourth-order valence-electron chi connectivity index (χ4n) is 4.47. The lowest BCUT2D eigenvalue weighted by Gasteiger charge is -2.36. The second kappa shape index (κ2) is 9.87. The molecule has 1 aromatic carbocycles. The number of halogens is 3. The molecular formula is C25H24F3N5O4. The van der Waals surface area contributed by atoms with Crippen LogP contribution in [0.5, 0.6) is 5.88 Å². The number of anilines is 3. The molecule has 2 bridgehead atoms. The third-order valence-corrected chi connectivity index (χ3v) is 6.28. The highest BCUT2D eigenvalue weighted by Gasteiger charge is 2.40. The van der Waals surface area contributed by atoms with E-state index in [1.54, 1.807) is 29.2 Å². The van der Waals surface area contributed by atoms with E-state index in [1.165, 1.54) is 18.3 Å². The van der Waals surface area contributed by atoms with Crippen molar-refractivity contribution < 1.29 is 32.9 Å². The summed E-state index contributed by atoms with van der Waals surface area (Å²) in [6.07, 6.45) is -3.40. The van der Waals surface area contributed by atoms with Gasteiger partial charge in [-0.2, -0.15) is 13.2 Å². The van der Waals surface area contributed by atoms with Crippen LogP contribution in [0.25, 0.3) is 11.3 Å². The van der Waals surface area contributed by atoms with E-state index in [2.05, 4.69) is 20.2 Å². The van der Waals surface area contributed by atoms with Crippen molar-refractivity contribution in [1.82, 2.24) is 9.97 Å². The number of alkyl halides is 3. The highest BCUT2D eigenvalue weighted by atomic mass is 19.4. The number of aliphatic hydroxyl groups is 2. The van der Waals surface area contributed by atoms with Crippen molar-refractivity contribution in [2.45, 2.75) is 24.7 Å². The summed E-state index contributed by atoms with van der Waals surface area (Å²) in [5, 5.41) is 21.2. The molecule has 1 unspecified atom stereocenters. The summed E-state index contributed by atoms with van der Waals surface area (Å²) in [5.41, 5.74) is 0.977. The van der Waals surface area contributed by atoms with Crippen molar-refractivity contribution >= 4 is 23.2 Å². The van der Waals surface area contributed by atoms with Gasteiger partial charge < -0.3 is 25.2 Å². The Hall–Kier alpha value is -3.90. The molecule has 3 aromatic rings. The molecule has 2 amide bonds. The summed E-state index contributed by atoms with van der Waals surface area (Å²) in [6, 6.07) is 10.8. The second-order valence-electron chi connectivity index (χ2n) is 8.84. The number of carbonyl (C=O) groups excluding carboxylic acids is 1. The van der Waals surface area contributed by atoms with Gasteiger partial charge in [0.1, 0.15) is 12.7 Å². The normalized spacial score (nSPS) is 17.4. The average Bonchev–Trinajstić information content (AvgIpc) is 3.31. The maximum atomic E-state index is 13.4. The number of ether oxygens (including phenoxy) is 1. The van der Waals surface area contributed by atoms with Crippen LogP contribution in [-0.4, -0.2) is 64.7 Å². The molecule has 4 heterocycles. The first-order chi connectivity index (χ1) is 17.7. The number of nitrogens with zero attached hydrogens (tertiary/aromatic N) is 4. The van der Waals surface area contributed by atoms with E-state index in [9.17, 15) is 23.1 Å². The molecule has 0 saturated carbocycles. The molecule has 0 aliphatic carbocycles. The number of nitrogens with one attached hydrogen (secondary N) is 1. The Morgan fingerprint density at radius 3 is 2.84 bits per heavy atom. The number of hydrogen-bond acceptors (Lipinski definition) is 7. The monoisotopic (exact) mass is 515 g/mol. The van der Waals surface area contributed by atoms with E-state index < -0.39 is 30.5 Å². The van der Waals surface area contributed by atoms with E-state index in [0.29, 0.717) is 35.7 Å². The number of amides is 2. The first-order valence-electron chi connectivity index (χ1n) is 11.6. The maximum Gasteiger partial charge on any atom is 0.416 e. The molecule has 5 rings (SSSR count). The Labute approximate surface area is 210 Å². The van der Waals surface area contributed by atoms with Gasteiger partial charge in [-0.05, 0) is 36.8 Å². The largest absolute Gasteiger partial charge is 0.475 e. The summed E-state index contributed by atoms with van der Waals surface area (Å²) in [5.74, 6) is 0.527. The van der Waals surface area contributed by atoms with Gasteiger partial charge in [0.25, 0.3) is 0 Å². The Balaban J connectivity index is 1.42. The highest BCUT2D eigenvalue weighted by Crippen LogP contribution is 2.41. The average molecular weight is 515 g/mol. The first-order valence-corrected chi connectivity index (χ1v) is 11.6. The van der Waals surface area contributed by atoms with Crippen LogP contribution in [0.4, 0.5) is 35.2 Å². The molecule has 2 atom stereocenters. The van der Waals surface area contributed by atoms with Crippen LogP contribution in [0, 0.1) is 0 Å². The molecule has 0 spiro atoms. The molecule has 37 heavy (non-hydrogen) atoms.